The number of thioether (sulfide) groups is 1. The lowest BCUT2D eigenvalue weighted by Crippen LogP contribution is -2.33. The molecule has 0 N–H and O–H groups in total. The minimum absolute atomic E-state index is 0.147. The molecule has 0 aromatic heterocycles. The number of amides is 2. The smallest absolute Gasteiger partial charge is 0.293 e. The molecule has 1 aliphatic rings. The number of Topliss-reactive ketones (excluding diaryl/α,β-unsaturated/α-hetero) is 1. The first-order chi connectivity index (χ1) is 18.2. The largest absolute Gasteiger partial charge is 0.493 e. The number of nitro benzene ring substituents is 1. The quantitative estimate of drug-likeness (QED) is 0.0854. The molecule has 1 heterocycles. The molecule has 0 bridgehead atoms. The Morgan fingerprint density at radius 1 is 1.16 bits per heavy atom. The summed E-state index contributed by atoms with van der Waals surface area (Å²) in [6.07, 6.45) is 1.55. The summed E-state index contributed by atoms with van der Waals surface area (Å²) in [5, 5.41) is 10.8. The maximum atomic E-state index is 12.9. The molecule has 12 heteroatoms. The van der Waals surface area contributed by atoms with Gasteiger partial charge in [0.2, 0.25) is 0 Å². The van der Waals surface area contributed by atoms with Gasteiger partial charge in [-0.05, 0) is 76.3 Å². The van der Waals surface area contributed by atoms with Crippen molar-refractivity contribution < 1.29 is 28.8 Å². The van der Waals surface area contributed by atoms with Gasteiger partial charge in [-0.15, -0.1) is 0 Å². The van der Waals surface area contributed by atoms with Gasteiger partial charge in [0.15, 0.2) is 17.3 Å². The molecule has 4 rings (SSSR count). The Labute approximate surface area is 240 Å². The number of rotatable bonds is 9. The highest BCUT2D eigenvalue weighted by Crippen LogP contribution is 2.38. The molecule has 3 aromatic rings. The Kier molecular flexibility index (Phi) is 8.69. The van der Waals surface area contributed by atoms with Crippen molar-refractivity contribution in [1.82, 2.24) is 4.90 Å². The number of carbonyl (C=O) groups is 3. The van der Waals surface area contributed by atoms with Crippen molar-refractivity contribution in [3.05, 3.63) is 101 Å². The van der Waals surface area contributed by atoms with E-state index in [4.69, 9.17) is 21.1 Å². The molecule has 0 unspecified atom stereocenters. The number of hydrogen-bond acceptors (Lipinski definition) is 8. The summed E-state index contributed by atoms with van der Waals surface area (Å²) in [4.78, 5) is 49.3. The topological polar surface area (TPSA) is 116 Å². The zero-order valence-electron chi connectivity index (χ0n) is 19.7. The molecule has 194 valence electrons. The van der Waals surface area contributed by atoms with Gasteiger partial charge in [0.1, 0.15) is 6.61 Å². The molecule has 2 amide bonds. The van der Waals surface area contributed by atoms with E-state index < -0.39 is 28.4 Å². The van der Waals surface area contributed by atoms with E-state index in [1.165, 1.54) is 31.4 Å². The number of benzene rings is 3. The van der Waals surface area contributed by atoms with Crippen molar-refractivity contribution in [1.29, 1.82) is 0 Å². The molecule has 0 radical (unpaired) electrons. The number of non-ortho nitro benzene ring substituents is 1. The molecule has 0 spiro atoms. The predicted molar refractivity (Wildman–Crippen MR) is 152 cm³/mol. The summed E-state index contributed by atoms with van der Waals surface area (Å²) in [7, 11) is 1.50. The third kappa shape index (κ3) is 6.17. The molecular weight excluding hydrogens is 647 g/mol. The van der Waals surface area contributed by atoms with Crippen LogP contribution in [-0.2, 0) is 11.4 Å². The lowest BCUT2D eigenvalue weighted by Gasteiger charge is -2.14. The Hall–Kier alpha value is -3.42. The Morgan fingerprint density at radius 3 is 2.53 bits per heavy atom. The van der Waals surface area contributed by atoms with E-state index in [2.05, 4.69) is 22.6 Å². The minimum atomic E-state index is -0.608. The Bertz CT molecular complexity index is 1480. The number of carbonyl (C=O) groups excluding carboxylic acids is 3. The SMILES string of the molecule is COc1cc(/C=C2/SC(=O)N(CC(=O)c3ccc([N+](=O)[O-])cc3)C2=O)cc(I)c1OCc1ccccc1Cl. The third-order valence-corrected chi connectivity index (χ3v) is 7.53. The van der Waals surface area contributed by atoms with E-state index in [1.54, 1.807) is 24.3 Å². The number of nitrogens with zero attached hydrogens (tertiary/aromatic N) is 2. The van der Waals surface area contributed by atoms with Gasteiger partial charge in [-0.1, -0.05) is 29.8 Å². The molecular formula is C26H18ClIN2O7S. The van der Waals surface area contributed by atoms with Crippen LogP contribution in [0.1, 0.15) is 21.5 Å². The highest BCUT2D eigenvalue weighted by molar-refractivity contribution is 14.1. The number of halogens is 2. The Balaban J connectivity index is 1.50. The molecule has 1 saturated heterocycles. The maximum Gasteiger partial charge on any atom is 0.293 e. The number of hydrogen-bond donors (Lipinski definition) is 0. The summed E-state index contributed by atoms with van der Waals surface area (Å²) in [6.45, 7) is -0.247. The summed E-state index contributed by atoms with van der Waals surface area (Å²) >= 11 is 9.03. The number of ketones is 1. The minimum Gasteiger partial charge on any atom is -0.493 e. The van der Waals surface area contributed by atoms with Gasteiger partial charge >= 0.3 is 0 Å². The monoisotopic (exact) mass is 664 g/mol. The van der Waals surface area contributed by atoms with Crippen LogP contribution in [0.15, 0.2) is 65.6 Å². The fourth-order valence-corrected chi connectivity index (χ4v) is 5.33. The van der Waals surface area contributed by atoms with Crippen LogP contribution in [0.5, 0.6) is 11.5 Å². The predicted octanol–water partition coefficient (Wildman–Crippen LogP) is 6.36. The van der Waals surface area contributed by atoms with Crippen LogP contribution in [0.2, 0.25) is 5.02 Å². The fraction of sp³-hybridized carbons (Fsp3) is 0.115. The lowest BCUT2D eigenvalue weighted by molar-refractivity contribution is -0.384. The molecule has 3 aromatic carbocycles. The number of nitro groups is 1. The first-order valence-corrected chi connectivity index (χ1v) is 13.2. The normalized spacial score (nSPS) is 14.2. The highest BCUT2D eigenvalue weighted by Gasteiger charge is 2.36. The fourth-order valence-electron chi connectivity index (χ4n) is 3.52. The van der Waals surface area contributed by atoms with Gasteiger partial charge in [0, 0.05) is 28.3 Å². The van der Waals surface area contributed by atoms with Gasteiger partial charge in [-0.3, -0.25) is 29.4 Å². The van der Waals surface area contributed by atoms with Gasteiger partial charge in [0.25, 0.3) is 16.8 Å². The Morgan fingerprint density at radius 2 is 1.87 bits per heavy atom. The first-order valence-electron chi connectivity index (χ1n) is 10.9. The molecule has 0 saturated carbocycles. The number of methoxy groups -OCH3 is 1. The lowest BCUT2D eigenvalue weighted by atomic mass is 10.1. The van der Waals surface area contributed by atoms with Crippen LogP contribution < -0.4 is 9.47 Å². The number of ether oxygens (including phenoxy) is 2. The zero-order valence-corrected chi connectivity index (χ0v) is 23.4. The summed E-state index contributed by atoms with van der Waals surface area (Å²) in [6, 6.07) is 15.8. The summed E-state index contributed by atoms with van der Waals surface area (Å²) in [5.74, 6) is -0.183. The molecule has 9 nitrogen and oxygen atoms in total. The average Bonchev–Trinajstić information content (AvgIpc) is 3.15. The first kappa shape index (κ1) is 27.6. The van der Waals surface area contributed by atoms with Crippen molar-refractivity contribution in [2.45, 2.75) is 6.61 Å². The van der Waals surface area contributed by atoms with Crippen LogP contribution in [0, 0.1) is 13.7 Å². The summed E-state index contributed by atoms with van der Waals surface area (Å²) < 4.78 is 12.2. The molecule has 1 aliphatic heterocycles. The highest BCUT2D eigenvalue weighted by atomic mass is 127. The van der Waals surface area contributed by atoms with Crippen molar-refractivity contribution in [3.63, 3.8) is 0 Å². The van der Waals surface area contributed by atoms with Crippen molar-refractivity contribution in [2.24, 2.45) is 0 Å². The van der Waals surface area contributed by atoms with E-state index in [9.17, 15) is 24.5 Å². The van der Waals surface area contributed by atoms with E-state index in [0.29, 0.717) is 25.7 Å². The number of imide groups is 1. The zero-order chi connectivity index (χ0) is 27.4. The average molecular weight is 665 g/mol. The van der Waals surface area contributed by atoms with Crippen molar-refractivity contribution in [3.8, 4) is 11.5 Å². The standard InChI is InChI=1S/C26H18ClIN2O7S/c1-36-22-11-15(10-20(28)24(22)37-14-17-4-2-3-5-19(17)27)12-23-25(32)29(26(33)38-23)13-21(31)16-6-8-18(9-7-16)30(34)35/h2-12H,13-14H2,1H3/b23-12+. The van der Waals surface area contributed by atoms with Crippen molar-refractivity contribution >= 4 is 74.6 Å². The molecule has 0 aliphatic carbocycles. The van der Waals surface area contributed by atoms with E-state index in [1.807, 2.05) is 18.2 Å². The van der Waals surface area contributed by atoms with E-state index in [-0.39, 0.29) is 22.8 Å². The van der Waals surface area contributed by atoms with Crippen molar-refractivity contribution in [2.75, 3.05) is 13.7 Å². The third-order valence-electron chi connectivity index (χ3n) is 5.45. The van der Waals surface area contributed by atoms with E-state index in [0.717, 1.165) is 22.2 Å². The summed E-state index contributed by atoms with van der Waals surface area (Å²) in [5.41, 5.74) is 1.41. The van der Waals surface area contributed by atoms with Gasteiger partial charge < -0.3 is 9.47 Å². The van der Waals surface area contributed by atoms with Crippen LogP contribution in [0.25, 0.3) is 6.08 Å². The molecule has 0 atom stereocenters. The van der Waals surface area contributed by atoms with E-state index >= 15 is 0 Å². The van der Waals surface area contributed by atoms with Crippen LogP contribution >= 0.6 is 46.0 Å². The van der Waals surface area contributed by atoms with Gasteiger partial charge in [-0.25, -0.2) is 0 Å². The van der Waals surface area contributed by atoms with Crippen LogP contribution in [0.4, 0.5) is 10.5 Å². The second kappa shape index (κ2) is 12.0. The molecule has 1 fully saturated rings. The van der Waals surface area contributed by atoms with Gasteiger partial charge in [0.05, 0.1) is 27.1 Å². The molecule has 38 heavy (non-hydrogen) atoms. The van der Waals surface area contributed by atoms with Crippen LogP contribution in [0.3, 0.4) is 0 Å². The maximum absolute atomic E-state index is 12.9. The van der Waals surface area contributed by atoms with Crippen LogP contribution in [-0.4, -0.2) is 40.4 Å². The van der Waals surface area contributed by atoms with Gasteiger partial charge in [-0.2, -0.15) is 0 Å². The second-order valence-corrected chi connectivity index (χ2v) is 10.5. The second-order valence-electron chi connectivity index (χ2n) is 7.91.